The van der Waals surface area contributed by atoms with Crippen LogP contribution in [0.4, 0.5) is 0 Å². The predicted molar refractivity (Wildman–Crippen MR) is 102 cm³/mol. The first kappa shape index (κ1) is 20.6. The fourth-order valence-electron chi connectivity index (χ4n) is 4.07. The number of ether oxygens (including phenoxy) is 1. The SMILES string of the molecule is C=C(C(=O)[O-])C(CC(=O)OC1CCCCC1)(C(=O)[O-])c1cccc2ccccc12. The number of hydrogen-bond donors (Lipinski definition) is 0. The van der Waals surface area contributed by atoms with Gasteiger partial charge in [-0.15, -0.1) is 0 Å². The molecule has 2 aromatic carbocycles. The van der Waals surface area contributed by atoms with Gasteiger partial charge in [0.15, 0.2) is 0 Å². The van der Waals surface area contributed by atoms with Gasteiger partial charge in [0.05, 0.1) is 23.8 Å². The van der Waals surface area contributed by atoms with Crippen LogP contribution in [0.1, 0.15) is 44.1 Å². The minimum absolute atomic E-state index is 0.116. The Balaban J connectivity index is 2.08. The first-order valence-electron chi connectivity index (χ1n) is 9.66. The van der Waals surface area contributed by atoms with E-state index in [2.05, 4.69) is 6.58 Å². The Morgan fingerprint density at radius 2 is 1.66 bits per heavy atom. The van der Waals surface area contributed by atoms with Crippen molar-refractivity contribution in [1.82, 2.24) is 0 Å². The molecule has 3 rings (SSSR count). The van der Waals surface area contributed by atoms with E-state index in [1.54, 1.807) is 36.4 Å². The molecule has 6 heteroatoms. The molecule has 152 valence electrons. The summed E-state index contributed by atoms with van der Waals surface area (Å²) in [6, 6.07) is 11.7. The molecular weight excluding hydrogens is 372 g/mol. The maximum Gasteiger partial charge on any atom is 0.307 e. The first-order valence-corrected chi connectivity index (χ1v) is 9.66. The van der Waals surface area contributed by atoms with Crippen molar-refractivity contribution < 1.29 is 29.3 Å². The van der Waals surface area contributed by atoms with Crippen molar-refractivity contribution in [3.05, 3.63) is 60.2 Å². The number of carbonyl (C=O) groups is 3. The van der Waals surface area contributed by atoms with Gasteiger partial charge in [-0.25, -0.2) is 0 Å². The Hall–Kier alpha value is -3.15. The Labute approximate surface area is 168 Å². The van der Waals surface area contributed by atoms with Crippen LogP contribution in [-0.4, -0.2) is 24.0 Å². The average molecular weight is 394 g/mol. The van der Waals surface area contributed by atoms with Crippen LogP contribution in [0.3, 0.4) is 0 Å². The molecule has 0 spiro atoms. The van der Waals surface area contributed by atoms with E-state index in [0.29, 0.717) is 23.6 Å². The Kier molecular flexibility index (Phi) is 6.01. The van der Waals surface area contributed by atoms with Crippen molar-refractivity contribution in [2.75, 3.05) is 0 Å². The second-order valence-electron chi connectivity index (χ2n) is 7.41. The van der Waals surface area contributed by atoms with Crippen molar-refractivity contribution in [2.45, 2.75) is 50.0 Å². The number of carbonyl (C=O) groups excluding carboxylic acids is 3. The fraction of sp³-hybridized carbons (Fsp3) is 0.348. The van der Waals surface area contributed by atoms with Gasteiger partial charge in [-0.2, -0.15) is 0 Å². The third-order valence-electron chi connectivity index (χ3n) is 5.62. The zero-order valence-corrected chi connectivity index (χ0v) is 16.0. The fourth-order valence-corrected chi connectivity index (χ4v) is 4.07. The molecule has 0 bridgehead atoms. The molecule has 6 nitrogen and oxygen atoms in total. The van der Waals surface area contributed by atoms with Crippen LogP contribution in [0, 0.1) is 0 Å². The van der Waals surface area contributed by atoms with Crippen molar-refractivity contribution in [3.8, 4) is 0 Å². The van der Waals surface area contributed by atoms with Crippen LogP contribution >= 0.6 is 0 Å². The summed E-state index contributed by atoms with van der Waals surface area (Å²) < 4.78 is 5.48. The number of carboxylic acid groups (broad SMARTS) is 2. The summed E-state index contributed by atoms with van der Waals surface area (Å²) in [4.78, 5) is 36.7. The Morgan fingerprint density at radius 1 is 1.00 bits per heavy atom. The molecule has 0 aromatic heterocycles. The highest BCUT2D eigenvalue weighted by Crippen LogP contribution is 2.39. The molecule has 1 fully saturated rings. The Morgan fingerprint density at radius 3 is 2.31 bits per heavy atom. The lowest BCUT2D eigenvalue weighted by Crippen LogP contribution is -2.52. The van der Waals surface area contributed by atoms with E-state index in [1.165, 1.54) is 6.07 Å². The van der Waals surface area contributed by atoms with Gasteiger partial charge in [0.25, 0.3) is 0 Å². The number of esters is 1. The standard InChI is InChI=1S/C23H24O6/c1-15(21(25)26)23(22(27)28,14-20(24)29-17-10-3-2-4-11-17)19-13-7-9-16-8-5-6-12-18(16)19/h5-9,12-13,17H,1-4,10-11,14H2,(H,25,26)(H,27,28)/p-2. The summed E-state index contributed by atoms with van der Waals surface area (Å²) in [5.74, 6) is -4.28. The van der Waals surface area contributed by atoms with Gasteiger partial charge in [-0.1, -0.05) is 55.5 Å². The first-order chi connectivity index (χ1) is 13.9. The molecule has 0 amide bonds. The number of rotatable bonds is 7. The lowest BCUT2D eigenvalue weighted by atomic mass is 9.70. The van der Waals surface area contributed by atoms with E-state index >= 15 is 0 Å². The molecule has 1 aliphatic rings. The average Bonchev–Trinajstić information content (AvgIpc) is 2.71. The Bertz CT molecular complexity index is 951. The molecule has 2 aromatic rings. The lowest BCUT2D eigenvalue weighted by molar-refractivity contribution is -0.317. The van der Waals surface area contributed by atoms with Crippen molar-refractivity contribution >= 4 is 28.7 Å². The number of aliphatic carboxylic acids is 2. The molecule has 1 atom stereocenters. The quantitative estimate of drug-likeness (QED) is 0.519. The molecule has 29 heavy (non-hydrogen) atoms. The second kappa shape index (κ2) is 8.47. The van der Waals surface area contributed by atoms with E-state index in [-0.39, 0.29) is 11.7 Å². The molecule has 0 radical (unpaired) electrons. The minimum Gasteiger partial charge on any atom is -0.549 e. The van der Waals surface area contributed by atoms with Crippen molar-refractivity contribution in [3.63, 3.8) is 0 Å². The van der Waals surface area contributed by atoms with Gasteiger partial charge in [-0.3, -0.25) is 4.79 Å². The van der Waals surface area contributed by atoms with Crippen LogP contribution < -0.4 is 10.2 Å². The van der Waals surface area contributed by atoms with Gasteiger partial charge >= 0.3 is 5.97 Å². The van der Waals surface area contributed by atoms with Crippen LogP contribution in [0.25, 0.3) is 10.8 Å². The van der Waals surface area contributed by atoms with Gasteiger partial charge in [-0.05, 0) is 47.6 Å². The summed E-state index contributed by atoms with van der Waals surface area (Å²) in [7, 11) is 0. The summed E-state index contributed by atoms with van der Waals surface area (Å²) in [6.07, 6.45) is 3.32. The number of hydrogen-bond acceptors (Lipinski definition) is 6. The largest absolute Gasteiger partial charge is 0.549 e. The maximum atomic E-state index is 12.7. The summed E-state index contributed by atoms with van der Waals surface area (Å²) >= 11 is 0. The zero-order chi connectivity index (χ0) is 21.0. The highest BCUT2D eigenvalue weighted by atomic mass is 16.5. The molecule has 1 aliphatic carbocycles. The van der Waals surface area contributed by atoms with E-state index in [9.17, 15) is 24.6 Å². The number of fused-ring (bicyclic) bond motifs is 1. The van der Waals surface area contributed by atoms with E-state index in [1.807, 2.05) is 0 Å². The molecule has 1 unspecified atom stereocenters. The highest BCUT2D eigenvalue weighted by Gasteiger charge is 2.42. The van der Waals surface area contributed by atoms with Gasteiger partial charge in [0.2, 0.25) is 0 Å². The highest BCUT2D eigenvalue weighted by molar-refractivity contribution is 6.04. The van der Waals surface area contributed by atoms with Crippen LogP contribution in [0.5, 0.6) is 0 Å². The molecule has 0 saturated heterocycles. The summed E-state index contributed by atoms with van der Waals surface area (Å²) in [5, 5.41) is 25.2. The molecule has 0 aliphatic heterocycles. The van der Waals surface area contributed by atoms with Crippen molar-refractivity contribution in [2.24, 2.45) is 0 Å². The van der Waals surface area contributed by atoms with Crippen LogP contribution in [0.15, 0.2) is 54.6 Å². The van der Waals surface area contributed by atoms with E-state index < -0.39 is 35.3 Å². The topological polar surface area (TPSA) is 107 Å². The zero-order valence-electron chi connectivity index (χ0n) is 16.0. The summed E-state index contributed by atoms with van der Waals surface area (Å²) in [5.41, 5.74) is -2.93. The summed E-state index contributed by atoms with van der Waals surface area (Å²) in [6.45, 7) is 3.44. The van der Waals surface area contributed by atoms with Gasteiger partial charge in [0.1, 0.15) is 6.10 Å². The lowest BCUT2D eigenvalue weighted by Gasteiger charge is -2.38. The van der Waals surface area contributed by atoms with Crippen LogP contribution in [0.2, 0.25) is 0 Å². The van der Waals surface area contributed by atoms with E-state index in [0.717, 1.165) is 19.3 Å². The third kappa shape index (κ3) is 4.01. The van der Waals surface area contributed by atoms with E-state index in [4.69, 9.17) is 4.74 Å². The number of carboxylic acids is 2. The maximum absolute atomic E-state index is 12.7. The predicted octanol–water partition coefficient (Wildman–Crippen LogP) is 1.40. The molecular formula is C23H22O6-2. The second-order valence-corrected chi connectivity index (χ2v) is 7.41. The van der Waals surface area contributed by atoms with Gasteiger partial charge < -0.3 is 24.5 Å². The number of benzene rings is 2. The molecule has 0 N–H and O–H groups in total. The van der Waals surface area contributed by atoms with Crippen LogP contribution in [-0.2, 0) is 24.5 Å². The van der Waals surface area contributed by atoms with Gasteiger partial charge in [0, 0.05) is 0 Å². The normalized spacial score (nSPS) is 16.7. The minimum atomic E-state index is -2.30. The smallest absolute Gasteiger partial charge is 0.307 e. The molecule has 1 saturated carbocycles. The third-order valence-corrected chi connectivity index (χ3v) is 5.62. The van der Waals surface area contributed by atoms with Crippen molar-refractivity contribution in [1.29, 1.82) is 0 Å². The monoisotopic (exact) mass is 394 g/mol. The molecule has 0 heterocycles.